The second-order valence-corrected chi connectivity index (χ2v) is 5.60. The average Bonchev–Trinajstić information content (AvgIpc) is 2.88. The second-order valence-electron chi connectivity index (χ2n) is 5.60. The van der Waals surface area contributed by atoms with Gasteiger partial charge in [-0.3, -0.25) is 4.79 Å². The van der Waals surface area contributed by atoms with E-state index >= 15 is 0 Å². The normalized spacial score (nSPS) is 28.6. The van der Waals surface area contributed by atoms with Crippen molar-refractivity contribution in [2.24, 2.45) is 11.8 Å². The fourth-order valence-corrected chi connectivity index (χ4v) is 3.37. The second kappa shape index (κ2) is 4.27. The Labute approximate surface area is 108 Å². The fraction of sp³-hybridized carbons (Fsp3) is 0.438. The van der Waals surface area contributed by atoms with Gasteiger partial charge in [-0.1, -0.05) is 42.5 Å². The highest BCUT2D eigenvalue weighted by Crippen LogP contribution is 2.43. The van der Waals surface area contributed by atoms with Crippen LogP contribution in [0, 0.1) is 11.8 Å². The van der Waals surface area contributed by atoms with E-state index in [2.05, 4.69) is 30.5 Å². The van der Waals surface area contributed by atoms with Crippen molar-refractivity contribution in [3.05, 3.63) is 48.0 Å². The summed E-state index contributed by atoms with van der Waals surface area (Å²) >= 11 is 0. The highest BCUT2D eigenvalue weighted by Gasteiger charge is 2.45. The highest BCUT2D eigenvalue weighted by molar-refractivity contribution is 5.83. The zero-order chi connectivity index (χ0) is 12.7. The third-order valence-electron chi connectivity index (χ3n) is 4.41. The smallest absolute Gasteiger partial charge is 0.226 e. The lowest BCUT2D eigenvalue weighted by Crippen LogP contribution is -2.30. The minimum atomic E-state index is 0.192. The van der Waals surface area contributed by atoms with E-state index in [1.54, 1.807) is 0 Å². The van der Waals surface area contributed by atoms with Gasteiger partial charge in [-0.25, -0.2) is 0 Å². The number of nitrogens with zero attached hydrogens (tertiary/aromatic N) is 1. The summed E-state index contributed by atoms with van der Waals surface area (Å²) in [6, 6.07) is 10.5. The van der Waals surface area contributed by atoms with Crippen molar-refractivity contribution in [2.75, 3.05) is 6.54 Å². The van der Waals surface area contributed by atoms with Crippen molar-refractivity contribution in [3.63, 3.8) is 0 Å². The first-order valence-electron chi connectivity index (χ1n) is 6.69. The molecule has 1 saturated heterocycles. The Kier molecular flexibility index (Phi) is 2.73. The zero-order valence-electron chi connectivity index (χ0n) is 10.8. The molecule has 1 aromatic rings. The van der Waals surface area contributed by atoms with Crippen LogP contribution in [-0.2, 0) is 4.79 Å². The Hall–Kier alpha value is -1.57. The van der Waals surface area contributed by atoms with Crippen LogP contribution in [0.1, 0.15) is 31.4 Å². The lowest BCUT2D eigenvalue weighted by Gasteiger charge is -2.26. The predicted octanol–water partition coefficient (Wildman–Crippen LogP) is 3.17. The summed E-state index contributed by atoms with van der Waals surface area (Å²) in [6.45, 7) is 7.06. The van der Waals surface area contributed by atoms with E-state index in [0.717, 1.165) is 19.4 Å². The van der Waals surface area contributed by atoms with E-state index in [1.807, 2.05) is 18.2 Å². The van der Waals surface area contributed by atoms with Crippen LogP contribution < -0.4 is 0 Å². The maximum atomic E-state index is 12.4. The van der Waals surface area contributed by atoms with E-state index in [4.69, 9.17) is 0 Å². The number of benzene rings is 1. The molecule has 2 fully saturated rings. The van der Waals surface area contributed by atoms with Crippen molar-refractivity contribution in [1.29, 1.82) is 0 Å². The molecule has 0 N–H and O–H groups in total. The van der Waals surface area contributed by atoms with Gasteiger partial charge in [0.05, 0.1) is 6.04 Å². The standard InChI is InChI=1S/C16H19NO/c1-11-8-14-10-17(16(18)15(14)9-11)12(2)13-6-4-3-5-7-13/h3-7,12,14-15H,1,8-10H2,2H3/t12-,14+,15+/m1/s1. The topological polar surface area (TPSA) is 20.3 Å². The van der Waals surface area contributed by atoms with Crippen molar-refractivity contribution >= 4 is 5.91 Å². The molecule has 18 heavy (non-hydrogen) atoms. The molecule has 1 saturated carbocycles. The minimum absolute atomic E-state index is 0.192. The number of allylic oxidation sites excluding steroid dienone is 1. The molecule has 0 bridgehead atoms. The Morgan fingerprint density at radius 1 is 1.28 bits per heavy atom. The number of rotatable bonds is 2. The van der Waals surface area contributed by atoms with Crippen molar-refractivity contribution < 1.29 is 4.79 Å². The number of fused-ring (bicyclic) bond motifs is 1. The van der Waals surface area contributed by atoms with Crippen LogP contribution in [0.4, 0.5) is 0 Å². The van der Waals surface area contributed by atoms with Gasteiger partial charge in [0.1, 0.15) is 0 Å². The van der Waals surface area contributed by atoms with Gasteiger partial charge in [-0.2, -0.15) is 0 Å². The lowest BCUT2D eigenvalue weighted by atomic mass is 10.0. The molecule has 0 radical (unpaired) electrons. The van der Waals surface area contributed by atoms with Crippen molar-refractivity contribution in [1.82, 2.24) is 4.90 Å². The van der Waals surface area contributed by atoms with Gasteiger partial charge in [0, 0.05) is 12.5 Å². The Bertz CT molecular complexity index is 479. The van der Waals surface area contributed by atoms with Crippen molar-refractivity contribution in [3.8, 4) is 0 Å². The van der Waals surface area contributed by atoms with Crippen LogP contribution >= 0.6 is 0 Å². The van der Waals surface area contributed by atoms with Crippen LogP contribution in [0.3, 0.4) is 0 Å². The number of carbonyl (C=O) groups excluding carboxylic acids is 1. The molecule has 1 heterocycles. The molecular weight excluding hydrogens is 222 g/mol. The maximum absolute atomic E-state index is 12.4. The summed E-state index contributed by atoms with van der Waals surface area (Å²) in [6.07, 6.45) is 1.94. The van der Waals surface area contributed by atoms with E-state index in [9.17, 15) is 4.79 Å². The van der Waals surface area contributed by atoms with Gasteiger partial charge in [0.2, 0.25) is 5.91 Å². The molecule has 2 aliphatic rings. The van der Waals surface area contributed by atoms with Crippen LogP contribution in [0.25, 0.3) is 0 Å². The summed E-state index contributed by atoms with van der Waals surface area (Å²) in [5.74, 6) is 1.05. The van der Waals surface area contributed by atoms with E-state index in [0.29, 0.717) is 11.8 Å². The van der Waals surface area contributed by atoms with Crippen LogP contribution in [0.15, 0.2) is 42.5 Å². The van der Waals surface area contributed by atoms with Crippen LogP contribution in [-0.4, -0.2) is 17.4 Å². The Morgan fingerprint density at radius 2 is 2.00 bits per heavy atom. The SMILES string of the molecule is C=C1C[C@H]2CN([C@H](C)c3ccccc3)C(=O)[C@H]2C1. The largest absolute Gasteiger partial charge is 0.335 e. The molecule has 0 spiro atoms. The summed E-state index contributed by atoms with van der Waals surface area (Å²) in [5, 5.41) is 0. The molecule has 2 nitrogen and oxygen atoms in total. The molecule has 3 atom stereocenters. The Morgan fingerprint density at radius 3 is 2.67 bits per heavy atom. The van der Waals surface area contributed by atoms with Gasteiger partial charge < -0.3 is 4.90 Å². The molecule has 0 unspecified atom stereocenters. The van der Waals surface area contributed by atoms with E-state index in [-0.39, 0.29) is 12.0 Å². The highest BCUT2D eigenvalue weighted by atomic mass is 16.2. The quantitative estimate of drug-likeness (QED) is 0.728. The number of carbonyl (C=O) groups is 1. The maximum Gasteiger partial charge on any atom is 0.226 e. The van der Waals surface area contributed by atoms with Gasteiger partial charge >= 0.3 is 0 Å². The van der Waals surface area contributed by atoms with Gasteiger partial charge in [-0.05, 0) is 31.2 Å². The molecule has 1 aliphatic carbocycles. The third kappa shape index (κ3) is 1.76. The fourth-order valence-electron chi connectivity index (χ4n) is 3.37. The minimum Gasteiger partial charge on any atom is -0.335 e. The van der Waals surface area contributed by atoms with Gasteiger partial charge in [0.25, 0.3) is 0 Å². The molecule has 1 amide bonds. The summed E-state index contributed by atoms with van der Waals surface area (Å²) in [5.41, 5.74) is 2.48. The molecule has 1 aliphatic heterocycles. The molecule has 0 aromatic heterocycles. The van der Waals surface area contributed by atoms with E-state index < -0.39 is 0 Å². The van der Waals surface area contributed by atoms with Gasteiger partial charge in [-0.15, -0.1) is 0 Å². The monoisotopic (exact) mass is 241 g/mol. The van der Waals surface area contributed by atoms with Crippen LogP contribution in [0.2, 0.25) is 0 Å². The third-order valence-corrected chi connectivity index (χ3v) is 4.41. The first-order chi connectivity index (χ1) is 8.66. The predicted molar refractivity (Wildman–Crippen MR) is 71.9 cm³/mol. The molecular formula is C16H19NO. The summed E-state index contributed by atoms with van der Waals surface area (Å²) in [4.78, 5) is 14.5. The zero-order valence-corrected chi connectivity index (χ0v) is 10.8. The summed E-state index contributed by atoms with van der Waals surface area (Å²) < 4.78 is 0. The molecule has 3 rings (SSSR count). The first kappa shape index (κ1) is 11.5. The van der Waals surface area contributed by atoms with Gasteiger partial charge in [0.15, 0.2) is 0 Å². The molecule has 2 heteroatoms. The number of hydrogen-bond acceptors (Lipinski definition) is 1. The molecule has 1 aromatic carbocycles. The lowest BCUT2D eigenvalue weighted by molar-refractivity contribution is -0.132. The van der Waals surface area contributed by atoms with Crippen LogP contribution in [0.5, 0.6) is 0 Å². The van der Waals surface area contributed by atoms with Crippen molar-refractivity contribution in [2.45, 2.75) is 25.8 Å². The summed E-state index contributed by atoms with van der Waals surface area (Å²) in [7, 11) is 0. The molecule has 94 valence electrons. The first-order valence-corrected chi connectivity index (χ1v) is 6.69. The number of hydrogen-bond donors (Lipinski definition) is 0. The van der Waals surface area contributed by atoms with E-state index in [1.165, 1.54) is 11.1 Å². The number of amides is 1. The Balaban J connectivity index is 1.79. The average molecular weight is 241 g/mol. The number of likely N-dealkylation sites (tertiary alicyclic amines) is 1.